The lowest BCUT2D eigenvalue weighted by atomic mass is 10.1. The molecule has 0 amide bonds. The quantitative estimate of drug-likeness (QED) is 0.769. The van der Waals surface area contributed by atoms with Crippen molar-refractivity contribution in [3.05, 3.63) is 35.9 Å². The molecule has 0 aromatic heterocycles. The van der Waals surface area contributed by atoms with E-state index in [2.05, 4.69) is 0 Å². The van der Waals surface area contributed by atoms with Crippen LogP contribution in [0.15, 0.2) is 30.3 Å². The first-order valence-corrected chi connectivity index (χ1v) is 4.55. The molecule has 1 rings (SSSR count). The van der Waals surface area contributed by atoms with Gasteiger partial charge in [0.1, 0.15) is 6.10 Å². The molecule has 0 aliphatic carbocycles. The maximum atomic E-state index is 9.10. The molecule has 1 N–H and O–H groups in total. The van der Waals surface area contributed by atoms with E-state index in [4.69, 9.17) is 9.84 Å². The summed E-state index contributed by atoms with van der Waals surface area (Å²) in [6.45, 7) is 3.96. The summed E-state index contributed by atoms with van der Waals surface area (Å²) in [6, 6.07) is 9.77. The number of aliphatic hydroxyl groups is 1. The molecule has 0 aliphatic heterocycles. The molecule has 0 unspecified atom stereocenters. The normalized spacial score (nSPS) is 13.2. The maximum absolute atomic E-state index is 9.10. The Morgan fingerprint density at radius 1 is 1.23 bits per heavy atom. The molecule has 2 heteroatoms. The first-order valence-electron chi connectivity index (χ1n) is 4.55. The average Bonchev–Trinajstić information content (AvgIpc) is 2.15. The largest absolute Gasteiger partial charge is 0.393 e. The smallest absolute Gasteiger partial charge is 0.106 e. The van der Waals surface area contributed by atoms with Gasteiger partial charge < -0.3 is 9.84 Å². The molecule has 1 atom stereocenters. The van der Waals surface area contributed by atoms with Crippen LogP contribution in [0.2, 0.25) is 0 Å². The van der Waals surface area contributed by atoms with E-state index >= 15 is 0 Å². The summed E-state index contributed by atoms with van der Waals surface area (Å²) in [6.07, 6.45) is -0.0569. The van der Waals surface area contributed by atoms with E-state index < -0.39 is 0 Å². The number of ether oxygens (including phenoxy) is 1. The molecule has 0 saturated carbocycles. The Hall–Kier alpha value is -0.860. The van der Waals surface area contributed by atoms with Gasteiger partial charge in [0.15, 0.2) is 0 Å². The van der Waals surface area contributed by atoms with Gasteiger partial charge in [0.2, 0.25) is 0 Å². The van der Waals surface area contributed by atoms with Crippen LogP contribution in [0.3, 0.4) is 0 Å². The van der Waals surface area contributed by atoms with Crippen LogP contribution in [-0.2, 0) is 4.74 Å². The monoisotopic (exact) mass is 180 g/mol. The fourth-order valence-electron chi connectivity index (χ4n) is 1.22. The zero-order valence-corrected chi connectivity index (χ0v) is 8.10. The highest BCUT2D eigenvalue weighted by atomic mass is 16.5. The second kappa shape index (κ2) is 5.00. The molecule has 2 nitrogen and oxygen atoms in total. The second-order valence-electron chi connectivity index (χ2n) is 3.27. The third-order valence-electron chi connectivity index (χ3n) is 1.77. The van der Waals surface area contributed by atoms with Crippen molar-refractivity contribution in [1.29, 1.82) is 0 Å². The van der Waals surface area contributed by atoms with Crippen molar-refractivity contribution in [2.24, 2.45) is 0 Å². The number of hydrogen-bond donors (Lipinski definition) is 1. The zero-order chi connectivity index (χ0) is 9.68. The van der Waals surface area contributed by atoms with Crippen LogP contribution >= 0.6 is 0 Å². The highest BCUT2D eigenvalue weighted by molar-refractivity contribution is 5.17. The lowest BCUT2D eigenvalue weighted by molar-refractivity contribution is -0.0247. The SMILES string of the molecule is CC(C)O[C@H](CO)c1ccccc1. The van der Waals surface area contributed by atoms with E-state index in [0.29, 0.717) is 0 Å². The predicted octanol–water partition coefficient (Wildman–Crippen LogP) is 2.14. The predicted molar refractivity (Wildman–Crippen MR) is 52.5 cm³/mol. The molecule has 0 fully saturated rings. The Bertz CT molecular complexity index is 231. The summed E-state index contributed by atoms with van der Waals surface area (Å²) >= 11 is 0. The van der Waals surface area contributed by atoms with Gasteiger partial charge in [0.25, 0.3) is 0 Å². The molecular formula is C11H16O2. The molecular weight excluding hydrogens is 164 g/mol. The molecule has 0 saturated heterocycles. The Morgan fingerprint density at radius 2 is 1.85 bits per heavy atom. The van der Waals surface area contributed by atoms with Crippen LogP contribution in [0.1, 0.15) is 25.5 Å². The fourth-order valence-corrected chi connectivity index (χ4v) is 1.22. The summed E-state index contributed by atoms with van der Waals surface area (Å²) in [7, 11) is 0. The Balaban J connectivity index is 2.67. The molecule has 0 spiro atoms. The van der Waals surface area contributed by atoms with Crippen LogP contribution in [0.4, 0.5) is 0 Å². The summed E-state index contributed by atoms with van der Waals surface area (Å²) < 4.78 is 5.54. The van der Waals surface area contributed by atoms with Gasteiger partial charge in [0, 0.05) is 0 Å². The summed E-state index contributed by atoms with van der Waals surface area (Å²) in [5, 5.41) is 9.10. The van der Waals surface area contributed by atoms with Crippen molar-refractivity contribution in [1.82, 2.24) is 0 Å². The first-order chi connectivity index (χ1) is 6.24. The van der Waals surface area contributed by atoms with E-state index in [1.54, 1.807) is 0 Å². The van der Waals surface area contributed by atoms with E-state index in [0.717, 1.165) is 5.56 Å². The van der Waals surface area contributed by atoms with E-state index in [1.165, 1.54) is 0 Å². The second-order valence-corrected chi connectivity index (χ2v) is 3.27. The maximum Gasteiger partial charge on any atom is 0.106 e. The lowest BCUT2D eigenvalue weighted by Crippen LogP contribution is -2.13. The molecule has 72 valence electrons. The number of benzene rings is 1. The molecule has 0 radical (unpaired) electrons. The third-order valence-corrected chi connectivity index (χ3v) is 1.77. The molecule has 1 aromatic rings. The van der Waals surface area contributed by atoms with E-state index in [9.17, 15) is 0 Å². The van der Waals surface area contributed by atoms with Crippen LogP contribution in [-0.4, -0.2) is 17.8 Å². The van der Waals surface area contributed by atoms with Gasteiger partial charge in [0.05, 0.1) is 12.7 Å². The highest BCUT2D eigenvalue weighted by Gasteiger charge is 2.11. The first kappa shape index (κ1) is 10.2. The van der Waals surface area contributed by atoms with Crippen LogP contribution in [0.5, 0.6) is 0 Å². The number of hydrogen-bond acceptors (Lipinski definition) is 2. The minimum atomic E-state index is -0.193. The van der Waals surface area contributed by atoms with Crippen molar-refractivity contribution in [3.63, 3.8) is 0 Å². The highest BCUT2D eigenvalue weighted by Crippen LogP contribution is 2.17. The molecule has 0 bridgehead atoms. The number of aliphatic hydroxyl groups excluding tert-OH is 1. The minimum absolute atomic E-state index is 0.0300. The van der Waals surface area contributed by atoms with Gasteiger partial charge in [-0.25, -0.2) is 0 Å². The standard InChI is InChI=1S/C11H16O2/c1-9(2)13-11(8-12)10-6-4-3-5-7-10/h3-7,9,11-12H,8H2,1-2H3/t11-/m1/s1. The van der Waals surface area contributed by atoms with Crippen molar-refractivity contribution < 1.29 is 9.84 Å². The molecule has 0 heterocycles. The summed E-state index contributed by atoms with van der Waals surface area (Å²) in [5.41, 5.74) is 1.03. The van der Waals surface area contributed by atoms with Gasteiger partial charge in [-0.05, 0) is 19.4 Å². The van der Waals surface area contributed by atoms with Crippen LogP contribution in [0.25, 0.3) is 0 Å². The van der Waals surface area contributed by atoms with Crippen molar-refractivity contribution in [3.8, 4) is 0 Å². The third kappa shape index (κ3) is 3.17. The average molecular weight is 180 g/mol. The molecule has 1 aromatic carbocycles. The lowest BCUT2D eigenvalue weighted by Gasteiger charge is -2.18. The fraction of sp³-hybridized carbons (Fsp3) is 0.455. The Kier molecular flexibility index (Phi) is 3.93. The van der Waals surface area contributed by atoms with Gasteiger partial charge in [-0.3, -0.25) is 0 Å². The van der Waals surface area contributed by atoms with Gasteiger partial charge in [-0.1, -0.05) is 30.3 Å². The number of rotatable bonds is 4. The van der Waals surface area contributed by atoms with Crippen molar-refractivity contribution >= 4 is 0 Å². The molecule has 13 heavy (non-hydrogen) atoms. The van der Waals surface area contributed by atoms with Crippen molar-refractivity contribution in [2.45, 2.75) is 26.1 Å². The zero-order valence-electron chi connectivity index (χ0n) is 8.10. The topological polar surface area (TPSA) is 29.5 Å². The Labute approximate surface area is 79.2 Å². The van der Waals surface area contributed by atoms with Crippen LogP contribution in [0, 0.1) is 0 Å². The van der Waals surface area contributed by atoms with E-state index in [1.807, 2.05) is 44.2 Å². The van der Waals surface area contributed by atoms with Gasteiger partial charge in [-0.15, -0.1) is 0 Å². The Morgan fingerprint density at radius 3 is 2.31 bits per heavy atom. The summed E-state index contributed by atoms with van der Waals surface area (Å²) in [4.78, 5) is 0. The van der Waals surface area contributed by atoms with Gasteiger partial charge in [-0.2, -0.15) is 0 Å². The molecule has 0 aliphatic rings. The summed E-state index contributed by atoms with van der Waals surface area (Å²) in [5.74, 6) is 0. The van der Waals surface area contributed by atoms with Crippen LogP contribution < -0.4 is 0 Å². The van der Waals surface area contributed by atoms with Gasteiger partial charge >= 0.3 is 0 Å². The van der Waals surface area contributed by atoms with E-state index in [-0.39, 0.29) is 18.8 Å². The van der Waals surface area contributed by atoms with Crippen molar-refractivity contribution in [2.75, 3.05) is 6.61 Å². The minimum Gasteiger partial charge on any atom is -0.393 e.